The van der Waals surface area contributed by atoms with E-state index in [1.54, 1.807) is 23.1 Å². The van der Waals surface area contributed by atoms with Crippen LogP contribution in [0.1, 0.15) is 43.2 Å². The number of carboxylic acid groups (broad SMARTS) is 1. The molecule has 3 N–H and O–H groups in total. The van der Waals surface area contributed by atoms with Gasteiger partial charge in [-0.05, 0) is 73.4 Å². The zero-order valence-electron chi connectivity index (χ0n) is 19.1. The molecule has 0 unspecified atom stereocenters. The van der Waals surface area contributed by atoms with Crippen molar-refractivity contribution in [3.8, 4) is 0 Å². The van der Waals surface area contributed by atoms with Crippen molar-refractivity contribution in [2.24, 2.45) is 5.92 Å². The third-order valence-electron chi connectivity index (χ3n) is 6.48. The maximum atomic E-state index is 12.8. The van der Waals surface area contributed by atoms with E-state index in [0.717, 1.165) is 24.0 Å². The van der Waals surface area contributed by atoms with Crippen molar-refractivity contribution in [3.63, 3.8) is 0 Å². The fourth-order valence-corrected chi connectivity index (χ4v) is 5.12. The maximum Gasteiger partial charge on any atom is 0.410 e. The number of amides is 3. The number of rotatable bonds is 5. The SMILES string of the molecule is O=C(O)C[C@H]1CC[C@H](OC(=O)N2CCc3c(cccc3NC(=O)Nc3ccc(Cl)cc3Cl)C2)CC1. The second kappa shape index (κ2) is 11.2. The number of carbonyl (C=O) groups excluding carboxylic acids is 2. The number of aliphatic carboxylic acids is 1. The van der Waals surface area contributed by atoms with Crippen molar-refractivity contribution in [1.29, 1.82) is 0 Å². The lowest BCUT2D eigenvalue weighted by molar-refractivity contribution is -0.138. The van der Waals surface area contributed by atoms with Crippen LogP contribution in [0.25, 0.3) is 0 Å². The molecule has 2 aliphatic rings. The lowest BCUT2D eigenvalue weighted by Crippen LogP contribution is -2.39. The summed E-state index contributed by atoms with van der Waals surface area (Å²) in [5.41, 5.74) is 3.04. The summed E-state index contributed by atoms with van der Waals surface area (Å²) in [5.74, 6) is -0.624. The molecule has 8 nitrogen and oxygen atoms in total. The molecule has 1 saturated carbocycles. The van der Waals surface area contributed by atoms with Crippen molar-refractivity contribution < 1.29 is 24.2 Å². The first-order chi connectivity index (χ1) is 16.8. The number of nitrogens with one attached hydrogen (secondary N) is 2. The van der Waals surface area contributed by atoms with Crippen LogP contribution in [0.5, 0.6) is 0 Å². The molecular weight excluding hydrogens is 493 g/mol. The highest BCUT2D eigenvalue weighted by atomic mass is 35.5. The minimum Gasteiger partial charge on any atom is -0.481 e. The second-order valence-corrected chi connectivity index (χ2v) is 9.79. The monoisotopic (exact) mass is 519 g/mol. The molecule has 1 fully saturated rings. The van der Waals surface area contributed by atoms with Gasteiger partial charge in [-0.3, -0.25) is 4.79 Å². The number of carboxylic acids is 1. The first-order valence-corrected chi connectivity index (χ1v) is 12.3. The zero-order chi connectivity index (χ0) is 24.9. The third-order valence-corrected chi connectivity index (χ3v) is 7.02. The van der Waals surface area contributed by atoms with Crippen LogP contribution in [0, 0.1) is 5.92 Å². The first kappa shape index (κ1) is 25.1. The Morgan fingerprint density at radius 1 is 1.03 bits per heavy atom. The number of halogens is 2. The molecule has 0 radical (unpaired) electrons. The fourth-order valence-electron chi connectivity index (χ4n) is 4.67. The Morgan fingerprint density at radius 2 is 1.77 bits per heavy atom. The van der Waals surface area contributed by atoms with Crippen LogP contribution < -0.4 is 10.6 Å². The van der Waals surface area contributed by atoms with Gasteiger partial charge in [0.2, 0.25) is 0 Å². The van der Waals surface area contributed by atoms with Crippen LogP contribution in [0.2, 0.25) is 10.0 Å². The van der Waals surface area contributed by atoms with E-state index in [-0.39, 0.29) is 24.5 Å². The topological polar surface area (TPSA) is 108 Å². The van der Waals surface area contributed by atoms with Crippen molar-refractivity contribution in [3.05, 3.63) is 57.6 Å². The van der Waals surface area contributed by atoms with E-state index in [1.165, 1.54) is 0 Å². The molecule has 0 saturated heterocycles. The Bertz CT molecular complexity index is 1120. The quantitative estimate of drug-likeness (QED) is 0.437. The van der Waals surface area contributed by atoms with Crippen molar-refractivity contribution >= 4 is 52.7 Å². The molecule has 1 aliphatic carbocycles. The van der Waals surface area contributed by atoms with Crippen molar-refractivity contribution in [1.82, 2.24) is 4.90 Å². The number of carbonyl (C=O) groups is 3. The van der Waals surface area contributed by atoms with Crippen LogP contribution in [-0.2, 0) is 22.5 Å². The highest BCUT2D eigenvalue weighted by Gasteiger charge is 2.29. The number of urea groups is 1. The van der Waals surface area contributed by atoms with E-state index >= 15 is 0 Å². The third kappa shape index (κ3) is 6.58. The molecule has 3 amide bonds. The Labute approximate surface area is 213 Å². The molecule has 2 aromatic rings. The second-order valence-electron chi connectivity index (χ2n) is 8.94. The number of hydrogen-bond donors (Lipinski definition) is 3. The lowest BCUT2D eigenvalue weighted by Gasteiger charge is -2.33. The summed E-state index contributed by atoms with van der Waals surface area (Å²) in [6.07, 6.45) is 3.11. The predicted molar refractivity (Wildman–Crippen MR) is 134 cm³/mol. The molecule has 0 spiro atoms. The Morgan fingerprint density at radius 3 is 2.49 bits per heavy atom. The molecular formula is C25H27Cl2N3O5. The van der Waals surface area contributed by atoms with Crippen molar-refractivity contribution in [2.75, 3.05) is 17.2 Å². The van der Waals surface area contributed by atoms with Gasteiger partial charge >= 0.3 is 18.1 Å². The van der Waals surface area contributed by atoms with Gasteiger partial charge in [0.15, 0.2) is 0 Å². The van der Waals surface area contributed by atoms with Crippen LogP contribution >= 0.6 is 23.2 Å². The Kier molecular flexibility index (Phi) is 8.03. The number of ether oxygens (including phenoxy) is 1. The normalized spacial score (nSPS) is 19.4. The molecule has 0 atom stereocenters. The molecule has 1 aliphatic heterocycles. The number of fused-ring (bicyclic) bond motifs is 1. The van der Waals surface area contributed by atoms with Crippen LogP contribution in [-0.4, -0.2) is 40.7 Å². The molecule has 10 heteroatoms. The number of benzene rings is 2. The summed E-state index contributed by atoms with van der Waals surface area (Å²) in [6, 6.07) is 10.00. The van der Waals surface area contributed by atoms with Gasteiger partial charge in [0.05, 0.1) is 10.7 Å². The molecule has 186 valence electrons. The average Bonchev–Trinajstić information content (AvgIpc) is 2.81. The molecule has 4 rings (SSSR count). The van der Waals surface area contributed by atoms with E-state index in [0.29, 0.717) is 53.8 Å². The minimum atomic E-state index is -0.780. The van der Waals surface area contributed by atoms with Gasteiger partial charge < -0.3 is 25.4 Å². The Balaban J connectivity index is 1.32. The molecule has 0 bridgehead atoms. The highest BCUT2D eigenvalue weighted by molar-refractivity contribution is 6.36. The summed E-state index contributed by atoms with van der Waals surface area (Å²) in [4.78, 5) is 37.9. The summed E-state index contributed by atoms with van der Waals surface area (Å²) in [5, 5.41) is 15.4. The summed E-state index contributed by atoms with van der Waals surface area (Å²) in [6.45, 7) is 0.867. The molecule has 35 heavy (non-hydrogen) atoms. The first-order valence-electron chi connectivity index (χ1n) is 11.6. The number of hydrogen-bond acceptors (Lipinski definition) is 4. The van der Waals surface area contributed by atoms with E-state index in [9.17, 15) is 14.4 Å². The van der Waals surface area contributed by atoms with Crippen LogP contribution in [0.3, 0.4) is 0 Å². The summed E-state index contributed by atoms with van der Waals surface area (Å²) in [7, 11) is 0. The minimum absolute atomic E-state index is 0.156. The molecule has 0 aromatic heterocycles. The van der Waals surface area contributed by atoms with E-state index < -0.39 is 12.0 Å². The van der Waals surface area contributed by atoms with E-state index in [1.807, 2.05) is 18.2 Å². The largest absolute Gasteiger partial charge is 0.481 e. The van der Waals surface area contributed by atoms with Gasteiger partial charge in [0, 0.05) is 30.2 Å². The Hall–Kier alpha value is -2.97. The van der Waals surface area contributed by atoms with Crippen LogP contribution in [0.4, 0.5) is 21.0 Å². The number of nitrogens with zero attached hydrogens (tertiary/aromatic N) is 1. The lowest BCUT2D eigenvalue weighted by atomic mass is 9.85. The smallest absolute Gasteiger partial charge is 0.410 e. The predicted octanol–water partition coefficient (Wildman–Crippen LogP) is 6.17. The summed E-state index contributed by atoms with van der Waals surface area (Å²) < 4.78 is 5.72. The highest BCUT2D eigenvalue weighted by Crippen LogP contribution is 2.31. The van der Waals surface area contributed by atoms with Crippen molar-refractivity contribution in [2.45, 2.75) is 51.2 Å². The van der Waals surface area contributed by atoms with E-state index in [2.05, 4.69) is 10.6 Å². The maximum absolute atomic E-state index is 12.8. The van der Waals surface area contributed by atoms with Gasteiger partial charge in [0.1, 0.15) is 6.10 Å². The fraction of sp³-hybridized carbons (Fsp3) is 0.400. The standard InChI is InChI=1S/C25H27Cl2N3O5/c26-17-6-9-22(20(27)13-17)29-24(33)28-21-3-1-2-16-14-30(11-10-19(16)21)25(34)35-18-7-4-15(5-8-18)12-23(31)32/h1-3,6,9,13,15,18H,4-5,7-8,10-12,14H2,(H,31,32)(H2,28,29,33)/t15-,18-. The van der Waals surface area contributed by atoms with Gasteiger partial charge in [-0.2, -0.15) is 0 Å². The average molecular weight is 520 g/mol. The van der Waals surface area contributed by atoms with Crippen LogP contribution in [0.15, 0.2) is 36.4 Å². The number of anilines is 2. The van der Waals surface area contributed by atoms with E-state index in [4.69, 9.17) is 33.0 Å². The van der Waals surface area contributed by atoms with Gasteiger partial charge in [0.25, 0.3) is 0 Å². The van der Waals surface area contributed by atoms with Gasteiger partial charge in [-0.15, -0.1) is 0 Å². The molecule has 1 heterocycles. The molecule has 2 aromatic carbocycles. The van der Waals surface area contributed by atoms with Gasteiger partial charge in [-0.25, -0.2) is 9.59 Å². The zero-order valence-corrected chi connectivity index (χ0v) is 20.6. The van der Waals surface area contributed by atoms with Gasteiger partial charge in [-0.1, -0.05) is 35.3 Å². The summed E-state index contributed by atoms with van der Waals surface area (Å²) >= 11 is 12.0.